The van der Waals surface area contributed by atoms with Gasteiger partial charge in [-0.05, 0) is 44.2 Å². The second-order valence-corrected chi connectivity index (χ2v) is 8.37. The number of benzene rings is 2. The van der Waals surface area contributed by atoms with E-state index in [0.29, 0.717) is 5.69 Å². The summed E-state index contributed by atoms with van der Waals surface area (Å²) in [6.07, 6.45) is 0. The quantitative estimate of drug-likeness (QED) is 0.463. The van der Waals surface area contributed by atoms with E-state index in [4.69, 9.17) is 14.7 Å². The fourth-order valence-electron chi connectivity index (χ4n) is 2.68. The third-order valence-corrected chi connectivity index (χ3v) is 5.68. The Morgan fingerprint density at radius 3 is 2.42 bits per heavy atom. The number of para-hydroxylation sites is 1. The van der Waals surface area contributed by atoms with Crippen LogP contribution < -0.4 is 14.4 Å². The molecule has 164 valence electrons. The number of hydrogen-bond acceptors (Lipinski definition) is 7. The molecule has 0 spiro atoms. The van der Waals surface area contributed by atoms with Crippen LogP contribution in [0, 0.1) is 11.3 Å². The molecule has 0 saturated heterocycles. The highest BCUT2D eigenvalue weighted by Gasteiger charge is 2.24. The molecule has 0 fully saturated rings. The number of carbonyl (C=O) groups excluding carboxylic acids is 2. The standard InChI is InChI=1S/C21H23N3O6S/c1-15(2)23-31(27,28)19-13-16(9-10-18(19)29-3)21(26)30-14-20(25)24(12-11-22)17-7-5-4-6-8-17/h4-10,13,15,23H,12,14H2,1-3H3. The predicted molar refractivity (Wildman–Crippen MR) is 113 cm³/mol. The molecule has 0 aliphatic carbocycles. The summed E-state index contributed by atoms with van der Waals surface area (Å²) in [5.74, 6) is -1.42. The van der Waals surface area contributed by atoms with Gasteiger partial charge < -0.3 is 9.47 Å². The van der Waals surface area contributed by atoms with E-state index in [1.807, 2.05) is 6.07 Å². The maximum Gasteiger partial charge on any atom is 0.338 e. The first-order chi connectivity index (χ1) is 14.7. The van der Waals surface area contributed by atoms with Crippen LogP contribution in [0.25, 0.3) is 0 Å². The van der Waals surface area contributed by atoms with Crippen LogP contribution in [-0.4, -0.2) is 46.6 Å². The Bertz CT molecular complexity index is 1080. The number of nitrogens with one attached hydrogen (secondary N) is 1. The summed E-state index contributed by atoms with van der Waals surface area (Å²) in [4.78, 5) is 25.9. The molecule has 2 aromatic rings. The summed E-state index contributed by atoms with van der Waals surface area (Å²) in [5, 5.41) is 8.99. The maximum atomic E-state index is 12.5. The van der Waals surface area contributed by atoms with Crippen LogP contribution >= 0.6 is 0 Å². The molecule has 0 atom stereocenters. The van der Waals surface area contributed by atoms with E-state index in [0.717, 1.165) is 6.07 Å². The number of carbonyl (C=O) groups is 2. The molecular weight excluding hydrogens is 422 g/mol. The summed E-state index contributed by atoms with van der Waals surface area (Å²) in [5.41, 5.74) is 0.423. The number of hydrogen-bond donors (Lipinski definition) is 1. The van der Waals surface area contributed by atoms with E-state index in [9.17, 15) is 18.0 Å². The zero-order valence-corrected chi connectivity index (χ0v) is 18.2. The molecule has 1 amide bonds. The van der Waals surface area contributed by atoms with Crippen molar-refractivity contribution in [1.29, 1.82) is 5.26 Å². The van der Waals surface area contributed by atoms with Crippen LogP contribution in [0.2, 0.25) is 0 Å². The Morgan fingerprint density at radius 1 is 1.16 bits per heavy atom. The largest absolute Gasteiger partial charge is 0.495 e. The number of amides is 1. The van der Waals surface area contributed by atoms with Gasteiger partial charge in [-0.1, -0.05) is 18.2 Å². The fourth-order valence-corrected chi connectivity index (χ4v) is 4.12. The van der Waals surface area contributed by atoms with Gasteiger partial charge in [0.1, 0.15) is 17.2 Å². The summed E-state index contributed by atoms with van der Waals surface area (Å²) < 4.78 is 37.7. The van der Waals surface area contributed by atoms with Crippen molar-refractivity contribution in [3.8, 4) is 11.8 Å². The fraction of sp³-hybridized carbons (Fsp3) is 0.286. The first-order valence-electron chi connectivity index (χ1n) is 9.29. The number of ether oxygens (including phenoxy) is 2. The molecule has 10 heteroatoms. The van der Waals surface area contributed by atoms with E-state index in [-0.39, 0.29) is 28.8 Å². The van der Waals surface area contributed by atoms with E-state index in [2.05, 4.69) is 4.72 Å². The van der Waals surface area contributed by atoms with Gasteiger partial charge in [-0.15, -0.1) is 0 Å². The van der Waals surface area contributed by atoms with Gasteiger partial charge in [-0.3, -0.25) is 9.69 Å². The molecule has 0 unspecified atom stereocenters. The lowest BCUT2D eigenvalue weighted by molar-refractivity contribution is -0.121. The number of anilines is 1. The highest BCUT2D eigenvalue weighted by Crippen LogP contribution is 2.25. The Labute approximate surface area is 181 Å². The first kappa shape index (κ1) is 23.9. The van der Waals surface area contributed by atoms with Crippen LogP contribution in [0.15, 0.2) is 53.4 Å². The number of sulfonamides is 1. The van der Waals surface area contributed by atoms with Gasteiger partial charge in [-0.25, -0.2) is 17.9 Å². The van der Waals surface area contributed by atoms with E-state index >= 15 is 0 Å². The van der Waals surface area contributed by atoms with Gasteiger partial charge in [-0.2, -0.15) is 5.26 Å². The Balaban J connectivity index is 2.19. The molecule has 0 saturated carbocycles. The zero-order valence-electron chi connectivity index (χ0n) is 17.4. The molecule has 0 aromatic heterocycles. The molecule has 2 rings (SSSR count). The summed E-state index contributed by atoms with van der Waals surface area (Å²) in [6.45, 7) is 2.49. The Hall–Kier alpha value is -3.42. The van der Waals surface area contributed by atoms with Crippen LogP contribution in [-0.2, 0) is 19.6 Å². The van der Waals surface area contributed by atoms with Crippen molar-refractivity contribution in [2.45, 2.75) is 24.8 Å². The molecule has 0 bridgehead atoms. The average molecular weight is 445 g/mol. The molecule has 0 radical (unpaired) electrons. The van der Waals surface area contributed by atoms with Gasteiger partial charge in [0, 0.05) is 11.7 Å². The number of nitriles is 1. The average Bonchev–Trinajstić information content (AvgIpc) is 2.74. The minimum Gasteiger partial charge on any atom is -0.495 e. The second kappa shape index (κ2) is 10.6. The first-order valence-corrected chi connectivity index (χ1v) is 10.8. The summed E-state index contributed by atoms with van der Waals surface area (Å²) in [6, 6.07) is 13.8. The smallest absolute Gasteiger partial charge is 0.338 e. The molecule has 0 heterocycles. The molecular formula is C21H23N3O6S. The van der Waals surface area contributed by atoms with E-state index in [1.54, 1.807) is 44.2 Å². The van der Waals surface area contributed by atoms with E-state index in [1.165, 1.54) is 24.1 Å². The lowest BCUT2D eigenvalue weighted by Crippen LogP contribution is -2.35. The van der Waals surface area contributed by atoms with Gasteiger partial charge >= 0.3 is 5.97 Å². The molecule has 9 nitrogen and oxygen atoms in total. The molecule has 0 aliphatic heterocycles. The Kier molecular flexibility index (Phi) is 8.13. The van der Waals surface area contributed by atoms with Crippen molar-refractivity contribution in [2.24, 2.45) is 0 Å². The lowest BCUT2D eigenvalue weighted by Gasteiger charge is -2.19. The number of methoxy groups -OCH3 is 1. The monoisotopic (exact) mass is 445 g/mol. The van der Waals surface area contributed by atoms with Gasteiger partial charge in [0.25, 0.3) is 5.91 Å². The third-order valence-electron chi connectivity index (χ3n) is 4.00. The van der Waals surface area contributed by atoms with Gasteiger partial charge in [0.05, 0.1) is 18.7 Å². The predicted octanol–water partition coefficient (Wildman–Crippen LogP) is 2.10. The van der Waals surface area contributed by atoms with Crippen LogP contribution in [0.4, 0.5) is 5.69 Å². The van der Waals surface area contributed by atoms with Crippen LogP contribution in [0.5, 0.6) is 5.75 Å². The minimum absolute atomic E-state index is 0.0602. The normalized spacial score (nSPS) is 10.9. The molecule has 31 heavy (non-hydrogen) atoms. The number of rotatable bonds is 9. The lowest BCUT2D eigenvalue weighted by atomic mass is 10.2. The van der Waals surface area contributed by atoms with Crippen LogP contribution in [0.3, 0.4) is 0 Å². The molecule has 2 aromatic carbocycles. The maximum absolute atomic E-state index is 12.5. The van der Waals surface area contributed by atoms with Crippen molar-refractivity contribution in [3.05, 3.63) is 54.1 Å². The molecule has 0 aliphatic rings. The van der Waals surface area contributed by atoms with Crippen molar-refractivity contribution < 1.29 is 27.5 Å². The van der Waals surface area contributed by atoms with Crippen molar-refractivity contribution in [1.82, 2.24) is 4.72 Å². The SMILES string of the molecule is COc1ccc(C(=O)OCC(=O)N(CC#N)c2ccccc2)cc1S(=O)(=O)NC(C)C. The van der Waals surface area contributed by atoms with Gasteiger partial charge in [0.15, 0.2) is 6.61 Å². The summed E-state index contributed by atoms with van der Waals surface area (Å²) >= 11 is 0. The topological polar surface area (TPSA) is 126 Å². The van der Waals surface area contributed by atoms with Crippen molar-refractivity contribution >= 4 is 27.6 Å². The highest BCUT2D eigenvalue weighted by atomic mass is 32.2. The van der Waals surface area contributed by atoms with Gasteiger partial charge in [0.2, 0.25) is 10.0 Å². The third kappa shape index (κ3) is 6.28. The number of nitrogens with zero attached hydrogens (tertiary/aromatic N) is 2. The molecule has 1 N–H and O–H groups in total. The van der Waals surface area contributed by atoms with Crippen LogP contribution in [0.1, 0.15) is 24.2 Å². The van der Waals surface area contributed by atoms with E-state index < -0.39 is 28.5 Å². The second-order valence-electron chi connectivity index (χ2n) is 6.69. The Morgan fingerprint density at radius 2 is 1.84 bits per heavy atom. The van der Waals surface area contributed by atoms with Crippen molar-refractivity contribution in [3.63, 3.8) is 0 Å². The number of esters is 1. The minimum atomic E-state index is -3.94. The zero-order chi connectivity index (χ0) is 23.0. The van der Waals surface area contributed by atoms with Crippen molar-refractivity contribution in [2.75, 3.05) is 25.2 Å². The summed E-state index contributed by atoms with van der Waals surface area (Å²) in [7, 11) is -2.63. The highest BCUT2D eigenvalue weighted by molar-refractivity contribution is 7.89.